The van der Waals surface area contributed by atoms with E-state index in [2.05, 4.69) is 10.2 Å². The average Bonchev–Trinajstić information content (AvgIpc) is 2.65. The van der Waals surface area contributed by atoms with Crippen LogP contribution in [0.1, 0.15) is 18.5 Å². The number of rotatable bonds is 3. The van der Waals surface area contributed by atoms with Gasteiger partial charge in [0.15, 0.2) is 0 Å². The van der Waals surface area contributed by atoms with Crippen LogP contribution < -0.4 is 0 Å². The number of aromatic nitrogens is 3. The van der Waals surface area contributed by atoms with Crippen molar-refractivity contribution < 1.29 is 4.74 Å². The molecule has 5 heteroatoms. The number of alkyl halides is 1. The molecule has 15 heavy (non-hydrogen) atoms. The Morgan fingerprint density at radius 3 is 2.80 bits per heavy atom. The highest BCUT2D eigenvalue weighted by Crippen LogP contribution is 2.34. The monoisotopic (exact) mass is 229 g/mol. The van der Waals surface area contributed by atoms with Gasteiger partial charge in [-0.3, -0.25) is 0 Å². The van der Waals surface area contributed by atoms with Crippen LogP contribution in [-0.2, 0) is 18.2 Å². The summed E-state index contributed by atoms with van der Waals surface area (Å²) in [5, 5.41) is 8.38. The van der Waals surface area contributed by atoms with Crippen LogP contribution in [0.15, 0.2) is 6.20 Å². The molecule has 1 saturated heterocycles. The summed E-state index contributed by atoms with van der Waals surface area (Å²) in [4.78, 5) is 1.59. The summed E-state index contributed by atoms with van der Waals surface area (Å²) in [5.74, 6) is 0.674. The molecule has 0 radical (unpaired) electrons. The van der Waals surface area contributed by atoms with E-state index >= 15 is 0 Å². The predicted molar refractivity (Wildman–Crippen MR) is 57.9 cm³/mol. The second kappa shape index (κ2) is 4.49. The quantitative estimate of drug-likeness (QED) is 0.736. The first-order chi connectivity index (χ1) is 7.24. The van der Waals surface area contributed by atoms with E-state index in [0.29, 0.717) is 5.88 Å². The molecule has 4 nitrogen and oxygen atoms in total. The van der Waals surface area contributed by atoms with Gasteiger partial charge in [0.25, 0.3) is 0 Å². The second-order valence-electron chi connectivity index (χ2n) is 4.25. The van der Waals surface area contributed by atoms with Crippen molar-refractivity contribution in [3.8, 4) is 0 Å². The topological polar surface area (TPSA) is 39.9 Å². The first-order valence-electron chi connectivity index (χ1n) is 5.23. The molecule has 1 fully saturated rings. The number of ether oxygens (including phenoxy) is 1. The maximum atomic E-state index is 6.08. The zero-order valence-corrected chi connectivity index (χ0v) is 9.70. The zero-order chi connectivity index (χ0) is 10.7. The number of nitrogens with zero attached hydrogens (tertiary/aromatic N) is 3. The maximum absolute atomic E-state index is 6.08. The number of halogens is 1. The van der Waals surface area contributed by atoms with E-state index in [4.69, 9.17) is 16.3 Å². The lowest BCUT2D eigenvalue weighted by Gasteiger charge is -2.34. The molecular formula is C10H16ClN3O. The Kier molecular flexibility index (Phi) is 3.26. The third-order valence-corrected chi connectivity index (χ3v) is 3.61. The Morgan fingerprint density at radius 1 is 1.53 bits per heavy atom. The fourth-order valence-corrected chi connectivity index (χ4v) is 2.38. The van der Waals surface area contributed by atoms with Gasteiger partial charge in [-0.15, -0.1) is 11.6 Å². The fourth-order valence-electron chi connectivity index (χ4n) is 2.02. The molecule has 0 amide bonds. The maximum Gasteiger partial charge on any atom is 0.0833 e. The molecular weight excluding hydrogens is 214 g/mol. The zero-order valence-electron chi connectivity index (χ0n) is 8.95. The van der Waals surface area contributed by atoms with Crippen molar-refractivity contribution in [2.24, 2.45) is 12.5 Å². The van der Waals surface area contributed by atoms with E-state index in [1.807, 2.05) is 13.2 Å². The lowest BCUT2D eigenvalue weighted by molar-refractivity contribution is 0.0253. The molecule has 0 unspecified atom stereocenters. The van der Waals surface area contributed by atoms with Crippen molar-refractivity contribution in [3.05, 3.63) is 11.9 Å². The van der Waals surface area contributed by atoms with Crippen molar-refractivity contribution in [1.29, 1.82) is 0 Å². The van der Waals surface area contributed by atoms with Gasteiger partial charge < -0.3 is 4.74 Å². The molecule has 0 aromatic carbocycles. The van der Waals surface area contributed by atoms with E-state index in [1.165, 1.54) is 0 Å². The summed E-state index contributed by atoms with van der Waals surface area (Å²) in [6, 6.07) is 0. The van der Waals surface area contributed by atoms with Crippen LogP contribution in [0.4, 0.5) is 0 Å². The van der Waals surface area contributed by atoms with E-state index in [-0.39, 0.29) is 5.41 Å². The molecule has 1 aromatic rings. The minimum absolute atomic E-state index is 0.163. The van der Waals surface area contributed by atoms with Gasteiger partial charge in [-0.1, -0.05) is 0 Å². The Morgan fingerprint density at radius 2 is 2.27 bits per heavy atom. The van der Waals surface area contributed by atoms with Crippen molar-refractivity contribution >= 4 is 11.6 Å². The Hall–Kier alpha value is -0.610. The van der Waals surface area contributed by atoms with Crippen LogP contribution in [0, 0.1) is 5.41 Å². The van der Waals surface area contributed by atoms with Crippen LogP contribution in [0.3, 0.4) is 0 Å². The lowest BCUT2D eigenvalue weighted by Crippen LogP contribution is -2.33. The van der Waals surface area contributed by atoms with E-state index < -0.39 is 0 Å². The fraction of sp³-hybridized carbons (Fsp3) is 0.800. The van der Waals surface area contributed by atoms with Gasteiger partial charge in [-0.25, -0.2) is 0 Å². The van der Waals surface area contributed by atoms with Crippen LogP contribution in [0.5, 0.6) is 0 Å². The smallest absolute Gasteiger partial charge is 0.0833 e. The summed E-state index contributed by atoms with van der Waals surface area (Å²) >= 11 is 6.08. The molecule has 0 aliphatic carbocycles. The number of aryl methyl sites for hydroxylation is 1. The van der Waals surface area contributed by atoms with Gasteiger partial charge >= 0.3 is 0 Å². The Balaban J connectivity index is 2.06. The molecule has 0 spiro atoms. The lowest BCUT2D eigenvalue weighted by atomic mass is 9.78. The normalized spacial score (nSPS) is 20.4. The molecule has 1 aliphatic rings. The minimum Gasteiger partial charge on any atom is -0.381 e. The van der Waals surface area contributed by atoms with Gasteiger partial charge in [0.05, 0.1) is 11.9 Å². The van der Waals surface area contributed by atoms with Crippen LogP contribution in [0.2, 0.25) is 0 Å². The number of hydrogen-bond acceptors (Lipinski definition) is 3. The van der Waals surface area contributed by atoms with Gasteiger partial charge in [-0.2, -0.15) is 15.0 Å². The van der Waals surface area contributed by atoms with E-state index in [1.54, 1.807) is 4.80 Å². The van der Waals surface area contributed by atoms with E-state index in [9.17, 15) is 0 Å². The van der Waals surface area contributed by atoms with Crippen molar-refractivity contribution in [2.75, 3.05) is 19.1 Å². The molecule has 2 heterocycles. The molecule has 1 aromatic heterocycles. The van der Waals surface area contributed by atoms with Crippen molar-refractivity contribution in [2.45, 2.75) is 19.3 Å². The standard InChI is InChI=1S/C10H16ClN3O/c1-14-12-7-9(13-14)6-10(8-11)2-4-15-5-3-10/h7H,2-6,8H2,1H3. The predicted octanol–water partition coefficient (Wildman–Crippen LogP) is 1.39. The molecule has 0 saturated carbocycles. The first-order valence-corrected chi connectivity index (χ1v) is 5.76. The minimum atomic E-state index is 0.163. The van der Waals surface area contributed by atoms with Crippen LogP contribution in [-0.4, -0.2) is 34.1 Å². The number of hydrogen-bond donors (Lipinski definition) is 0. The Labute approximate surface area is 94.6 Å². The largest absolute Gasteiger partial charge is 0.381 e. The average molecular weight is 230 g/mol. The SMILES string of the molecule is Cn1ncc(CC2(CCl)CCOCC2)n1. The Bertz CT molecular complexity index is 320. The highest BCUT2D eigenvalue weighted by molar-refractivity contribution is 6.18. The summed E-state index contributed by atoms with van der Waals surface area (Å²) in [7, 11) is 1.83. The van der Waals surface area contributed by atoms with Crippen LogP contribution in [0.25, 0.3) is 0 Å². The summed E-state index contributed by atoms with van der Waals surface area (Å²) < 4.78 is 5.37. The van der Waals surface area contributed by atoms with Crippen LogP contribution >= 0.6 is 11.6 Å². The summed E-state index contributed by atoms with van der Waals surface area (Å²) in [6.45, 7) is 1.62. The molecule has 84 valence electrons. The summed E-state index contributed by atoms with van der Waals surface area (Å²) in [6.07, 6.45) is 4.78. The highest BCUT2D eigenvalue weighted by atomic mass is 35.5. The summed E-state index contributed by atoms with van der Waals surface area (Å²) in [5.41, 5.74) is 1.19. The molecule has 1 aliphatic heterocycles. The molecule has 0 N–H and O–H groups in total. The van der Waals surface area contributed by atoms with E-state index in [0.717, 1.165) is 38.2 Å². The van der Waals surface area contributed by atoms with Crippen molar-refractivity contribution in [1.82, 2.24) is 15.0 Å². The van der Waals surface area contributed by atoms with Gasteiger partial charge in [0.2, 0.25) is 0 Å². The highest BCUT2D eigenvalue weighted by Gasteiger charge is 2.32. The first kappa shape index (κ1) is 10.9. The van der Waals surface area contributed by atoms with Gasteiger partial charge in [0, 0.05) is 32.6 Å². The third kappa shape index (κ3) is 2.49. The molecule has 0 bridgehead atoms. The third-order valence-electron chi connectivity index (χ3n) is 3.04. The molecule has 0 atom stereocenters. The van der Waals surface area contributed by atoms with Gasteiger partial charge in [-0.05, 0) is 18.3 Å². The van der Waals surface area contributed by atoms with Gasteiger partial charge in [0.1, 0.15) is 0 Å². The van der Waals surface area contributed by atoms with Crippen molar-refractivity contribution in [3.63, 3.8) is 0 Å². The second-order valence-corrected chi connectivity index (χ2v) is 4.52. The molecule has 2 rings (SSSR count).